The molecule has 0 saturated carbocycles. The smallest absolute Gasteiger partial charge is 0.0619 e. The average Bonchev–Trinajstić information content (AvgIpc) is 3.00. The van der Waals surface area contributed by atoms with E-state index in [1.807, 2.05) is 17.9 Å². The lowest BCUT2D eigenvalue weighted by Crippen LogP contribution is -2.30. The second kappa shape index (κ2) is 6.34. The molecule has 1 aliphatic heterocycles. The van der Waals surface area contributed by atoms with E-state index in [4.69, 9.17) is 4.74 Å². The van der Waals surface area contributed by atoms with Crippen LogP contribution in [0.15, 0.2) is 12.4 Å². The number of hydrogen-bond acceptors (Lipinski definition) is 3. The normalized spacial score (nSPS) is 25.5. The third-order valence-corrected chi connectivity index (χ3v) is 3.87. The monoisotopic (exact) mass is 251 g/mol. The molecule has 4 nitrogen and oxygen atoms in total. The van der Waals surface area contributed by atoms with E-state index in [1.165, 1.54) is 5.56 Å². The first-order chi connectivity index (χ1) is 8.80. The Bertz CT molecular complexity index is 364. The van der Waals surface area contributed by atoms with Crippen molar-refractivity contribution in [3.63, 3.8) is 0 Å². The van der Waals surface area contributed by atoms with Gasteiger partial charge in [-0.1, -0.05) is 13.8 Å². The van der Waals surface area contributed by atoms with E-state index in [0.29, 0.717) is 18.1 Å². The molecule has 1 aromatic rings. The summed E-state index contributed by atoms with van der Waals surface area (Å²) in [4.78, 5) is 0. The van der Waals surface area contributed by atoms with Gasteiger partial charge >= 0.3 is 0 Å². The summed E-state index contributed by atoms with van der Waals surface area (Å²) >= 11 is 0. The van der Waals surface area contributed by atoms with E-state index in [0.717, 1.165) is 32.4 Å². The van der Waals surface area contributed by atoms with E-state index < -0.39 is 0 Å². The summed E-state index contributed by atoms with van der Waals surface area (Å²) in [5.74, 6) is 0.569. The van der Waals surface area contributed by atoms with E-state index in [2.05, 4.69) is 30.5 Å². The molecule has 1 N–H and O–H groups in total. The maximum atomic E-state index is 5.81. The Hall–Kier alpha value is -0.870. The molecule has 3 atom stereocenters. The van der Waals surface area contributed by atoms with Crippen LogP contribution in [-0.2, 0) is 11.3 Å². The zero-order chi connectivity index (χ0) is 13.0. The lowest BCUT2D eigenvalue weighted by molar-refractivity contribution is 0.0782. The van der Waals surface area contributed by atoms with Gasteiger partial charge in [-0.3, -0.25) is 4.68 Å². The Kier molecular flexibility index (Phi) is 4.78. The highest BCUT2D eigenvalue weighted by Crippen LogP contribution is 2.34. The minimum atomic E-state index is 0.364. The van der Waals surface area contributed by atoms with Crippen molar-refractivity contribution in [2.24, 2.45) is 5.92 Å². The largest absolute Gasteiger partial charge is 0.378 e. The van der Waals surface area contributed by atoms with Crippen molar-refractivity contribution in [3.8, 4) is 0 Å². The summed E-state index contributed by atoms with van der Waals surface area (Å²) in [5.41, 5.74) is 1.29. The zero-order valence-corrected chi connectivity index (χ0v) is 11.7. The third kappa shape index (κ3) is 2.75. The number of hydrogen-bond donors (Lipinski definition) is 1. The second-order valence-electron chi connectivity index (χ2n) is 5.07. The van der Waals surface area contributed by atoms with Crippen molar-refractivity contribution in [2.75, 3.05) is 13.7 Å². The maximum absolute atomic E-state index is 5.81. The van der Waals surface area contributed by atoms with Crippen LogP contribution in [-0.4, -0.2) is 29.5 Å². The summed E-state index contributed by atoms with van der Waals surface area (Å²) in [7, 11) is 2.03. The number of nitrogens with zero attached hydrogens (tertiary/aromatic N) is 2. The molecular weight excluding hydrogens is 226 g/mol. The van der Waals surface area contributed by atoms with Crippen LogP contribution in [0, 0.1) is 5.92 Å². The molecule has 1 saturated heterocycles. The van der Waals surface area contributed by atoms with Crippen LogP contribution in [0.3, 0.4) is 0 Å². The molecule has 0 bridgehead atoms. The molecular formula is C14H25N3O. The van der Waals surface area contributed by atoms with Crippen LogP contribution < -0.4 is 5.32 Å². The molecule has 0 aliphatic carbocycles. The van der Waals surface area contributed by atoms with Gasteiger partial charge in [0.1, 0.15) is 0 Å². The fourth-order valence-electron chi connectivity index (χ4n) is 2.99. The van der Waals surface area contributed by atoms with Crippen molar-refractivity contribution in [2.45, 2.75) is 51.8 Å². The van der Waals surface area contributed by atoms with Crippen LogP contribution >= 0.6 is 0 Å². The minimum absolute atomic E-state index is 0.364. The van der Waals surface area contributed by atoms with Gasteiger partial charge in [0.2, 0.25) is 0 Å². The summed E-state index contributed by atoms with van der Waals surface area (Å²) in [6.07, 6.45) is 7.92. The van der Waals surface area contributed by atoms with Crippen LogP contribution in [0.4, 0.5) is 0 Å². The van der Waals surface area contributed by atoms with E-state index >= 15 is 0 Å². The van der Waals surface area contributed by atoms with Gasteiger partial charge in [-0.05, 0) is 26.3 Å². The molecule has 0 radical (unpaired) electrons. The molecule has 0 spiro atoms. The first-order valence-electron chi connectivity index (χ1n) is 7.11. The molecule has 2 heterocycles. The molecule has 0 amide bonds. The number of ether oxygens (including phenoxy) is 1. The standard InChI is InChI=1S/C14H25N3O/c1-4-7-17-10-11(9-16-17)14(15-3)12-6-8-18-13(12)5-2/h9-10,12-15H,4-8H2,1-3H3. The SMILES string of the molecule is CCCn1cc(C(NC)C2CCOC2CC)cn1. The van der Waals surface area contributed by atoms with Crippen molar-refractivity contribution in [1.82, 2.24) is 15.1 Å². The minimum Gasteiger partial charge on any atom is -0.378 e. The highest BCUT2D eigenvalue weighted by Gasteiger charge is 2.34. The van der Waals surface area contributed by atoms with Crippen molar-refractivity contribution in [3.05, 3.63) is 18.0 Å². The second-order valence-corrected chi connectivity index (χ2v) is 5.07. The number of nitrogens with one attached hydrogen (secondary N) is 1. The lowest BCUT2D eigenvalue weighted by atomic mass is 9.88. The van der Waals surface area contributed by atoms with Gasteiger partial charge < -0.3 is 10.1 Å². The topological polar surface area (TPSA) is 39.1 Å². The molecule has 1 fully saturated rings. The first-order valence-corrected chi connectivity index (χ1v) is 7.11. The molecule has 0 aromatic carbocycles. The van der Waals surface area contributed by atoms with Crippen molar-refractivity contribution in [1.29, 1.82) is 0 Å². The third-order valence-electron chi connectivity index (χ3n) is 3.87. The van der Waals surface area contributed by atoms with Gasteiger partial charge in [0, 0.05) is 36.9 Å². The molecule has 2 rings (SSSR count). The van der Waals surface area contributed by atoms with Gasteiger partial charge in [-0.25, -0.2) is 0 Å². The van der Waals surface area contributed by atoms with Gasteiger partial charge in [0.15, 0.2) is 0 Å². The molecule has 102 valence electrons. The number of aryl methyl sites for hydroxylation is 1. The summed E-state index contributed by atoms with van der Waals surface area (Å²) < 4.78 is 7.84. The van der Waals surface area contributed by atoms with Crippen molar-refractivity contribution < 1.29 is 4.74 Å². The first kappa shape index (κ1) is 13.6. The molecule has 3 unspecified atom stereocenters. The number of aromatic nitrogens is 2. The average molecular weight is 251 g/mol. The Morgan fingerprint density at radius 3 is 3.06 bits per heavy atom. The van der Waals surface area contributed by atoms with Crippen LogP contribution in [0.25, 0.3) is 0 Å². The van der Waals surface area contributed by atoms with Gasteiger partial charge in [-0.2, -0.15) is 5.10 Å². The van der Waals surface area contributed by atoms with Gasteiger partial charge in [0.05, 0.1) is 12.3 Å². The summed E-state index contributed by atoms with van der Waals surface area (Å²) in [6.45, 7) is 6.27. The van der Waals surface area contributed by atoms with Crippen LogP contribution in [0.5, 0.6) is 0 Å². The molecule has 1 aromatic heterocycles. The predicted octanol–water partition coefficient (Wildman–Crippen LogP) is 2.37. The van der Waals surface area contributed by atoms with Crippen molar-refractivity contribution >= 4 is 0 Å². The highest BCUT2D eigenvalue weighted by molar-refractivity contribution is 5.13. The lowest BCUT2D eigenvalue weighted by Gasteiger charge is -2.25. The fraction of sp³-hybridized carbons (Fsp3) is 0.786. The molecule has 1 aliphatic rings. The fourth-order valence-corrected chi connectivity index (χ4v) is 2.99. The Labute approximate surface area is 110 Å². The zero-order valence-electron chi connectivity index (χ0n) is 11.7. The van der Waals surface area contributed by atoms with Crippen LogP contribution in [0.2, 0.25) is 0 Å². The quantitative estimate of drug-likeness (QED) is 0.843. The predicted molar refractivity (Wildman–Crippen MR) is 72.5 cm³/mol. The molecule has 18 heavy (non-hydrogen) atoms. The van der Waals surface area contributed by atoms with Crippen LogP contribution in [0.1, 0.15) is 44.7 Å². The summed E-state index contributed by atoms with van der Waals surface area (Å²) in [6, 6.07) is 0.364. The van der Waals surface area contributed by atoms with E-state index in [-0.39, 0.29) is 0 Å². The Morgan fingerprint density at radius 1 is 1.56 bits per heavy atom. The van der Waals surface area contributed by atoms with Gasteiger partial charge in [0.25, 0.3) is 0 Å². The van der Waals surface area contributed by atoms with E-state index in [9.17, 15) is 0 Å². The highest BCUT2D eigenvalue weighted by atomic mass is 16.5. The molecule has 4 heteroatoms. The summed E-state index contributed by atoms with van der Waals surface area (Å²) in [5, 5.41) is 7.88. The maximum Gasteiger partial charge on any atom is 0.0619 e. The Morgan fingerprint density at radius 2 is 2.39 bits per heavy atom. The van der Waals surface area contributed by atoms with E-state index in [1.54, 1.807) is 0 Å². The Balaban J connectivity index is 2.11. The number of rotatable bonds is 6. The van der Waals surface area contributed by atoms with Gasteiger partial charge in [-0.15, -0.1) is 0 Å².